The van der Waals surface area contributed by atoms with E-state index in [9.17, 15) is 13.5 Å². The van der Waals surface area contributed by atoms with Crippen LogP contribution in [0.1, 0.15) is 49.3 Å². The molecule has 0 atom stereocenters. The molecular weight excluding hydrogens is 286 g/mol. The van der Waals surface area contributed by atoms with E-state index in [0.29, 0.717) is 11.5 Å². The van der Waals surface area contributed by atoms with Gasteiger partial charge in [0, 0.05) is 6.04 Å². The number of hydrogen-bond donors (Lipinski definition) is 2. The molecule has 5 heteroatoms. The summed E-state index contributed by atoms with van der Waals surface area (Å²) >= 11 is 0. The summed E-state index contributed by atoms with van der Waals surface area (Å²) in [5.41, 5.74) is 2.31. The van der Waals surface area contributed by atoms with Crippen molar-refractivity contribution in [1.82, 2.24) is 4.72 Å². The average Bonchev–Trinajstić information content (AvgIpc) is 2.41. The number of aliphatic hydroxyl groups excluding tert-OH is 1. The molecule has 1 aliphatic carbocycles. The number of aliphatic hydroxyl groups is 1. The van der Waals surface area contributed by atoms with E-state index in [-0.39, 0.29) is 17.5 Å². The van der Waals surface area contributed by atoms with Crippen molar-refractivity contribution in [1.29, 1.82) is 0 Å². The molecule has 0 aliphatic heterocycles. The zero-order chi connectivity index (χ0) is 15.6. The number of rotatable bonds is 4. The molecule has 0 heterocycles. The molecule has 118 valence electrons. The van der Waals surface area contributed by atoms with Gasteiger partial charge < -0.3 is 5.11 Å². The van der Waals surface area contributed by atoms with Crippen LogP contribution in [-0.2, 0) is 16.6 Å². The van der Waals surface area contributed by atoms with Gasteiger partial charge in [0.25, 0.3) is 0 Å². The summed E-state index contributed by atoms with van der Waals surface area (Å²) < 4.78 is 28.0. The Balaban J connectivity index is 2.23. The van der Waals surface area contributed by atoms with Crippen molar-refractivity contribution in [2.45, 2.75) is 64.0 Å². The molecule has 4 nitrogen and oxygen atoms in total. The van der Waals surface area contributed by atoms with Gasteiger partial charge in [0.2, 0.25) is 10.0 Å². The van der Waals surface area contributed by atoms with Crippen LogP contribution in [-0.4, -0.2) is 19.6 Å². The minimum Gasteiger partial charge on any atom is -0.392 e. The predicted molar refractivity (Wildman–Crippen MR) is 83.6 cm³/mol. The third-order valence-corrected chi connectivity index (χ3v) is 6.09. The standard InChI is InChI=1S/C16H25NO3S/c1-11-4-6-15(7-5-11)17-21(19,20)16-9-14(10-18)12(2)8-13(16)3/h8-9,11,15,17-18H,4-7,10H2,1-3H3. The Labute approximate surface area is 127 Å². The largest absolute Gasteiger partial charge is 0.392 e. The summed E-state index contributed by atoms with van der Waals surface area (Å²) in [7, 11) is -3.52. The van der Waals surface area contributed by atoms with E-state index in [1.54, 1.807) is 13.0 Å². The number of hydrogen-bond acceptors (Lipinski definition) is 3. The molecular formula is C16H25NO3S. The fourth-order valence-electron chi connectivity index (χ4n) is 3.00. The van der Waals surface area contributed by atoms with Gasteiger partial charge in [-0.2, -0.15) is 0 Å². The first-order valence-electron chi connectivity index (χ1n) is 7.57. The molecule has 0 bridgehead atoms. The maximum Gasteiger partial charge on any atom is 0.241 e. The van der Waals surface area contributed by atoms with Gasteiger partial charge in [-0.1, -0.05) is 13.0 Å². The topological polar surface area (TPSA) is 66.4 Å². The minimum atomic E-state index is -3.52. The summed E-state index contributed by atoms with van der Waals surface area (Å²) in [6.07, 6.45) is 3.94. The van der Waals surface area contributed by atoms with Crippen LogP contribution in [0.15, 0.2) is 17.0 Å². The maximum absolute atomic E-state index is 12.6. The summed E-state index contributed by atoms with van der Waals surface area (Å²) in [5, 5.41) is 9.33. The van der Waals surface area contributed by atoms with Crippen molar-refractivity contribution < 1.29 is 13.5 Å². The van der Waals surface area contributed by atoms with Gasteiger partial charge in [-0.15, -0.1) is 0 Å². The van der Waals surface area contributed by atoms with E-state index in [1.165, 1.54) is 0 Å². The van der Waals surface area contributed by atoms with Crippen LogP contribution in [0, 0.1) is 19.8 Å². The van der Waals surface area contributed by atoms with Crippen molar-refractivity contribution in [3.63, 3.8) is 0 Å². The van der Waals surface area contributed by atoms with Gasteiger partial charge in [0.1, 0.15) is 0 Å². The van der Waals surface area contributed by atoms with E-state index >= 15 is 0 Å². The van der Waals surface area contributed by atoms with Crippen LogP contribution in [0.4, 0.5) is 0 Å². The predicted octanol–water partition coefficient (Wildman–Crippen LogP) is 2.65. The van der Waals surface area contributed by atoms with Crippen LogP contribution in [0.25, 0.3) is 0 Å². The molecule has 0 unspecified atom stereocenters. The van der Waals surface area contributed by atoms with Crippen molar-refractivity contribution >= 4 is 10.0 Å². The number of sulfonamides is 1. The van der Waals surface area contributed by atoms with E-state index < -0.39 is 10.0 Å². The van der Waals surface area contributed by atoms with Gasteiger partial charge in [0.05, 0.1) is 11.5 Å². The van der Waals surface area contributed by atoms with Crippen LogP contribution in [0.5, 0.6) is 0 Å². The van der Waals surface area contributed by atoms with Crippen molar-refractivity contribution in [2.24, 2.45) is 5.92 Å². The highest BCUT2D eigenvalue weighted by Gasteiger charge is 2.25. The van der Waals surface area contributed by atoms with E-state index in [4.69, 9.17) is 0 Å². The Morgan fingerprint density at radius 1 is 1.14 bits per heavy atom. The van der Waals surface area contributed by atoms with Gasteiger partial charge >= 0.3 is 0 Å². The average molecular weight is 311 g/mol. The molecule has 1 aromatic carbocycles. The number of aryl methyl sites for hydroxylation is 2. The normalized spacial score (nSPS) is 23.2. The second kappa shape index (κ2) is 6.46. The highest BCUT2D eigenvalue weighted by Crippen LogP contribution is 2.26. The molecule has 1 aliphatic rings. The minimum absolute atomic E-state index is 0.0319. The number of nitrogens with one attached hydrogen (secondary N) is 1. The van der Waals surface area contributed by atoms with Crippen molar-refractivity contribution in [3.8, 4) is 0 Å². The van der Waals surface area contributed by atoms with E-state index in [0.717, 1.165) is 36.8 Å². The first kappa shape index (κ1) is 16.5. The fourth-order valence-corrected chi connectivity index (χ4v) is 4.58. The summed E-state index contributed by atoms with van der Waals surface area (Å²) in [6, 6.07) is 3.45. The Hall–Kier alpha value is -0.910. The van der Waals surface area contributed by atoms with E-state index in [2.05, 4.69) is 11.6 Å². The lowest BCUT2D eigenvalue weighted by Crippen LogP contribution is -2.37. The fraction of sp³-hybridized carbons (Fsp3) is 0.625. The molecule has 0 saturated heterocycles. The first-order chi connectivity index (χ1) is 9.83. The molecule has 1 aromatic rings. The molecule has 2 rings (SSSR count). The summed E-state index contributed by atoms with van der Waals surface area (Å²) in [5.74, 6) is 0.688. The van der Waals surface area contributed by atoms with Crippen molar-refractivity contribution in [3.05, 3.63) is 28.8 Å². The lowest BCUT2D eigenvalue weighted by Gasteiger charge is -2.27. The zero-order valence-electron chi connectivity index (χ0n) is 13.0. The highest BCUT2D eigenvalue weighted by atomic mass is 32.2. The Morgan fingerprint density at radius 3 is 2.33 bits per heavy atom. The molecule has 21 heavy (non-hydrogen) atoms. The van der Waals surface area contributed by atoms with Gasteiger partial charge in [-0.3, -0.25) is 0 Å². The number of benzene rings is 1. The second-order valence-corrected chi connectivity index (χ2v) is 7.96. The molecule has 0 radical (unpaired) electrons. The molecule has 0 amide bonds. The van der Waals surface area contributed by atoms with Crippen LogP contribution in [0.2, 0.25) is 0 Å². The van der Waals surface area contributed by atoms with Crippen LogP contribution in [0.3, 0.4) is 0 Å². The monoisotopic (exact) mass is 311 g/mol. The van der Waals surface area contributed by atoms with Gasteiger partial charge in [0.15, 0.2) is 0 Å². The van der Waals surface area contributed by atoms with Gasteiger partial charge in [-0.25, -0.2) is 13.1 Å². The summed E-state index contributed by atoms with van der Waals surface area (Å²) in [4.78, 5) is 0.288. The first-order valence-corrected chi connectivity index (χ1v) is 9.05. The Morgan fingerprint density at radius 2 is 1.76 bits per heavy atom. The molecule has 0 spiro atoms. The Bertz CT molecular complexity index is 602. The maximum atomic E-state index is 12.6. The smallest absolute Gasteiger partial charge is 0.241 e. The molecule has 2 N–H and O–H groups in total. The van der Waals surface area contributed by atoms with Gasteiger partial charge in [-0.05, 0) is 68.2 Å². The highest BCUT2D eigenvalue weighted by molar-refractivity contribution is 7.89. The third kappa shape index (κ3) is 3.84. The van der Waals surface area contributed by atoms with Crippen LogP contribution < -0.4 is 4.72 Å². The lowest BCUT2D eigenvalue weighted by molar-refractivity contribution is 0.280. The summed E-state index contributed by atoms with van der Waals surface area (Å²) in [6.45, 7) is 5.74. The third-order valence-electron chi connectivity index (χ3n) is 4.43. The quantitative estimate of drug-likeness (QED) is 0.898. The zero-order valence-corrected chi connectivity index (χ0v) is 13.8. The lowest BCUT2D eigenvalue weighted by atomic mass is 9.88. The van der Waals surface area contributed by atoms with Crippen molar-refractivity contribution in [2.75, 3.05) is 0 Å². The second-order valence-electron chi connectivity index (χ2n) is 6.28. The van der Waals surface area contributed by atoms with E-state index in [1.807, 2.05) is 13.0 Å². The Kier molecular flexibility index (Phi) is 5.07. The molecule has 1 saturated carbocycles. The SMILES string of the molecule is Cc1cc(C)c(S(=O)(=O)NC2CCC(C)CC2)cc1CO. The molecule has 1 fully saturated rings. The molecule has 0 aromatic heterocycles. The van der Waals surface area contributed by atoms with Crippen LogP contribution >= 0.6 is 0 Å².